The van der Waals surface area contributed by atoms with E-state index in [0.717, 1.165) is 35.4 Å². The number of aromatic nitrogens is 1. The Bertz CT molecular complexity index is 835. The van der Waals surface area contributed by atoms with Crippen LogP contribution in [-0.4, -0.2) is 32.8 Å². The van der Waals surface area contributed by atoms with E-state index in [2.05, 4.69) is 22.2 Å². The molecule has 1 saturated carbocycles. The molecule has 2 amide bonds. The van der Waals surface area contributed by atoms with Gasteiger partial charge in [-0.1, -0.05) is 18.7 Å². The fourth-order valence-corrected chi connectivity index (χ4v) is 3.57. The zero-order chi connectivity index (χ0) is 22.5. The molecular weight excluding hydrogens is 505 g/mol. The molecule has 1 heterocycles. The van der Waals surface area contributed by atoms with Crippen LogP contribution in [-0.2, 0) is 4.79 Å². The Morgan fingerprint density at radius 1 is 1.43 bits per heavy atom. The summed E-state index contributed by atoms with van der Waals surface area (Å²) in [6, 6.07) is 1.55. The van der Waals surface area contributed by atoms with Gasteiger partial charge in [0.2, 0.25) is 5.91 Å². The van der Waals surface area contributed by atoms with Crippen LogP contribution in [0.5, 0.6) is 0 Å². The van der Waals surface area contributed by atoms with Crippen LogP contribution < -0.4 is 16.4 Å². The minimum absolute atomic E-state index is 0.128. The second-order valence-electron chi connectivity index (χ2n) is 7.60. The Hall–Kier alpha value is -1.88. The first kappa shape index (κ1) is 24.4. The first-order valence-electron chi connectivity index (χ1n) is 9.72. The van der Waals surface area contributed by atoms with Crippen LogP contribution in [0, 0.1) is 12.8 Å². The van der Waals surface area contributed by atoms with Crippen molar-refractivity contribution in [3.63, 3.8) is 0 Å². The highest BCUT2D eigenvalue weighted by Crippen LogP contribution is 2.32. The van der Waals surface area contributed by atoms with Crippen molar-refractivity contribution in [2.24, 2.45) is 11.7 Å². The first-order chi connectivity index (χ1) is 14.0. The summed E-state index contributed by atoms with van der Waals surface area (Å²) < 4.78 is 23.8. The molecule has 0 bridgehead atoms. The third-order valence-corrected chi connectivity index (χ3v) is 5.13. The minimum Gasteiger partial charge on any atom is -0.346 e. The number of rotatable bonds is 10. The number of pyridine rings is 1. The van der Waals surface area contributed by atoms with Crippen molar-refractivity contribution >= 4 is 40.2 Å². The van der Waals surface area contributed by atoms with Gasteiger partial charge in [-0.3, -0.25) is 9.59 Å². The van der Waals surface area contributed by atoms with E-state index in [0.29, 0.717) is 35.0 Å². The molecule has 30 heavy (non-hydrogen) atoms. The van der Waals surface area contributed by atoms with E-state index >= 15 is 0 Å². The number of amides is 2. The van der Waals surface area contributed by atoms with Crippen molar-refractivity contribution in [3.05, 3.63) is 47.7 Å². The van der Waals surface area contributed by atoms with Gasteiger partial charge in [-0.25, -0.2) is 4.98 Å². The second kappa shape index (κ2) is 10.4. The fourth-order valence-electron chi connectivity index (χ4n) is 3.10. The third-order valence-electron chi connectivity index (χ3n) is 4.69. The van der Waals surface area contributed by atoms with Crippen LogP contribution in [0.15, 0.2) is 36.4 Å². The number of anilines is 1. The Morgan fingerprint density at radius 2 is 2.10 bits per heavy atom. The van der Waals surface area contributed by atoms with Crippen molar-refractivity contribution in [3.8, 4) is 0 Å². The highest BCUT2D eigenvalue weighted by atomic mass is 127. The highest BCUT2D eigenvalue weighted by Gasteiger charge is 2.30. The monoisotopic (exact) mass is 532 g/mol. The quantitative estimate of drug-likeness (QED) is 0.240. The smallest absolute Gasteiger partial charge is 0.298 e. The molecule has 2 rings (SSSR count). The molecule has 0 aliphatic heterocycles. The molecule has 1 aliphatic carbocycles. The minimum atomic E-state index is -2.96. The van der Waals surface area contributed by atoms with Crippen LogP contribution in [0.2, 0.25) is 0 Å². The van der Waals surface area contributed by atoms with Gasteiger partial charge in [0.05, 0.1) is 0 Å². The van der Waals surface area contributed by atoms with Gasteiger partial charge in [0.1, 0.15) is 5.82 Å². The number of alkyl halides is 3. The number of carbonyl (C=O) groups is 2. The summed E-state index contributed by atoms with van der Waals surface area (Å²) in [7, 11) is 0. The summed E-state index contributed by atoms with van der Waals surface area (Å²) in [6.07, 6.45) is 5.01. The molecule has 6 nitrogen and oxygen atoms in total. The molecular formula is C21H27F2IN4O2. The van der Waals surface area contributed by atoms with Gasteiger partial charge in [-0.2, -0.15) is 8.78 Å². The maximum absolute atomic E-state index is 13.4. The zero-order valence-electron chi connectivity index (χ0n) is 17.1. The predicted octanol–water partition coefficient (Wildman–Crippen LogP) is 4.10. The number of carbonyl (C=O) groups excluding carboxylic acids is 2. The number of allylic oxidation sites excluding steroid dienone is 2. The van der Waals surface area contributed by atoms with E-state index in [1.165, 1.54) is 12.1 Å². The number of hydrogen-bond acceptors (Lipinski definition) is 4. The molecule has 2 atom stereocenters. The summed E-state index contributed by atoms with van der Waals surface area (Å²) in [5, 5.41) is 5.51. The normalized spacial score (nSPS) is 16.5. The van der Waals surface area contributed by atoms with Crippen LogP contribution >= 0.6 is 22.6 Å². The lowest BCUT2D eigenvalue weighted by Gasteiger charge is -2.24. The number of hydrogen-bond donors (Lipinski definition) is 3. The molecule has 1 aliphatic rings. The molecule has 2 unspecified atom stereocenters. The summed E-state index contributed by atoms with van der Waals surface area (Å²) in [5.41, 5.74) is 7.26. The predicted molar refractivity (Wildman–Crippen MR) is 122 cm³/mol. The SMILES string of the molecule is C=C/C=C(\C(N)CC(F)(F)I)C(C)NC(=O)c1cc(C)nc(NC(=O)CC2CC2)c1. The third kappa shape index (κ3) is 8.10. The molecule has 1 aromatic heterocycles. The molecule has 1 fully saturated rings. The maximum Gasteiger partial charge on any atom is 0.298 e. The Balaban J connectivity index is 2.09. The Kier molecular flexibility index (Phi) is 8.48. The van der Waals surface area contributed by atoms with Crippen molar-refractivity contribution in [2.75, 3.05) is 5.32 Å². The van der Waals surface area contributed by atoms with Gasteiger partial charge in [0.15, 0.2) is 0 Å². The second-order valence-corrected chi connectivity index (χ2v) is 9.18. The lowest BCUT2D eigenvalue weighted by Crippen LogP contribution is -2.41. The topological polar surface area (TPSA) is 97.1 Å². The van der Waals surface area contributed by atoms with E-state index in [1.807, 2.05) is 0 Å². The van der Waals surface area contributed by atoms with E-state index in [4.69, 9.17) is 5.73 Å². The Labute approximate surface area is 188 Å². The molecule has 0 spiro atoms. The van der Waals surface area contributed by atoms with Gasteiger partial charge in [-0.05, 0) is 72.9 Å². The lowest BCUT2D eigenvalue weighted by molar-refractivity contribution is -0.116. The fraction of sp³-hybridized carbons (Fsp3) is 0.476. The number of aryl methyl sites for hydroxylation is 1. The van der Waals surface area contributed by atoms with Crippen molar-refractivity contribution in [2.45, 2.75) is 55.5 Å². The summed E-state index contributed by atoms with van der Waals surface area (Å²) in [4.78, 5) is 29.0. The summed E-state index contributed by atoms with van der Waals surface area (Å²) in [6.45, 7) is 6.98. The van der Waals surface area contributed by atoms with Crippen molar-refractivity contribution in [1.82, 2.24) is 10.3 Å². The molecule has 0 saturated heterocycles. The van der Waals surface area contributed by atoms with Gasteiger partial charge < -0.3 is 16.4 Å². The van der Waals surface area contributed by atoms with Gasteiger partial charge >= 0.3 is 0 Å². The molecule has 164 valence electrons. The largest absolute Gasteiger partial charge is 0.346 e. The average Bonchev–Trinajstić information content (AvgIpc) is 3.40. The van der Waals surface area contributed by atoms with E-state index in [-0.39, 0.29) is 5.91 Å². The number of halogens is 3. The summed E-state index contributed by atoms with van der Waals surface area (Å²) >= 11 is 1.04. The van der Waals surface area contributed by atoms with Crippen LogP contribution in [0.25, 0.3) is 0 Å². The van der Waals surface area contributed by atoms with E-state index in [1.54, 1.807) is 26.0 Å². The van der Waals surface area contributed by atoms with E-state index in [9.17, 15) is 18.4 Å². The lowest BCUT2D eigenvalue weighted by atomic mass is 9.97. The molecule has 1 aromatic rings. The molecule has 9 heteroatoms. The number of nitrogens with one attached hydrogen (secondary N) is 2. The number of nitrogens with zero attached hydrogens (tertiary/aromatic N) is 1. The highest BCUT2D eigenvalue weighted by molar-refractivity contribution is 14.1. The zero-order valence-corrected chi connectivity index (χ0v) is 19.2. The first-order valence-corrected chi connectivity index (χ1v) is 10.8. The van der Waals surface area contributed by atoms with Gasteiger partial charge in [0.25, 0.3) is 9.84 Å². The van der Waals surface area contributed by atoms with Gasteiger partial charge in [-0.15, -0.1) is 0 Å². The van der Waals surface area contributed by atoms with Crippen LogP contribution in [0.4, 0.5) is 14.6 Å². The van der Waals surface area contributed by atoms with E-state index < -0.39 is 28.3 Å². The summed E-state index contributed by atoms with van der Waals surface area (Å²) in [5.74, 6) is 0.195. The number of nitrogens with two attached hydrogens (primary N) is 1. The molecule has 4 N–H and O–H groups in total. The van der Waals surface area contributed by atoms with Crippen molar-refractivity contribution in [1.29, 1.82) is 0 Å². The molecule has 0 radical (unpaired) electrons. The molecule has 0 aromatic carbocycles. The standard InChI is InChI=1S/C21H27F2IN4O2/c1-4-5-16(17(25)11-21(22,23)24)13(3)27-20(30)15-8-12(2)26-18(10-15)28-19(29)9-14-6-7-14/h4-5,8,10,13-14,17H,1,6-7,9,11,25H2,2-3H3,(H,27,30)(H,26,28,29)/b16-5-. The van der Waals surface area contributed by atoms with Crippen LogP contribution in [0.3, 0.4) is 0 Å². The van der Waals surface area contributed by atoms with Crippen LogP contribution in [0.1, 0.15) is 48.7 Å². The average molecular weight is 532 g/mol. The van der Waals surface area contributed by atoms with Gasteiger partial charge in [0, 0.05) is 36.2 Å². The van der Waals surface area contributed by atoms with Crippen molar-refractivity contribution < 1.29 is 18.4 Å². The Morgan fingerprint density at radius 3 is 2.67 bits per heavy atom. The maximum atomic E-state index is 13.4.